The number of nitro benzene ring substituents is 1. The van der Waals surface area contributed by atoms with Crippen molar-refractivity contribution in [3.05, 3.63) is 58.1 Å². The molecule has 31 heavy (non-hydrogen) atoms. The van der Waals surface area contributed by atoms with Crippen molar-refractivity contribution in [3.8, 4) is 11.5 Å². The minimum Gasteiger partial charge on any atom is -0.490 e. The quantitative estimate of drug-likeness (QED) is 0.246. The summed E-state index contributed by atoms with van der Waals surface area (Å²) in [5, 5.41) is 11.2. The molecule has 0 aliphatic heterocycles. The van der Waals surface area contributed by atoms with Gasteiger partial charge in [0, 0.05) is 6.07 Å². The van der Waals surface area contributed by atoms with Gasteiger partial charge in [0.15, 0.2) is 5.75 Å². The van der Waals surface area contributed by atoms with Crippen LogP contribution in [0.4, 0.5) is 5.69 Å². The molecule has 0 aliphatic rings. The molecule has 0 saturated carbocycles. The molecule has 0 heterocycles. The van der Waals surface area contributed by atoms with Crippen LogP contribution in [0.25, 0.3) is 0 Å². The second kappa shape index (κ2) is 9.23. The Bertz CT molecular complexity index is 1020. The van der Waals surface area contributed by atoms with E-state index in [-0.39, 0.29) is 29.8 Å². The first-order valence-corrected chi connectivity index (χ1v) is 11.3. The number of nitrogens with zero attached hydrogens (tertiary/aromatic N) is 1. The van der Waals surface area contributed by atoms with Gasteiger partial charge in [0.1, 0.15) is 23.9 Å². The smallest absolute Gasteiger partial charge is 0.312 e. The van der Waals surface area contributed by atoms with Crippen LogP contribution >= 0.6 is 0 Å². The lowest BCUT2D eigenvalue weighted by atomic mass is 9.72. The van der Waals surface area contributed by atoms with Crippen molar-refractivity contribution in [3.63, 3.8) is 0 Å². The normalized spacial score (nSPS) is 12.5. The third kappa shape index (κ3) is 7.22. The Morgan fingerprint density at radius 1 is 0.968 bits per heavy atom. The Morgan fingerprint density at radius 3 is 2.06 bits per heavy atom. The van der Waals surface area contributed by atoms with Crippen LogP contribution in [0.3, 0.4) is 0 Å². The average Bonchev–Trinajstić information content (AvgIpc) is 2.63. The summed E-state index contributed by atoms with van der Waals surface area (Å²) in [7, 11) is -4.55. The summed E-state index contributed by atoms with van der Waals surface area (Å²) in [6.45, 7) is 11.2. The summed E-state index contributed by atoms with van der Waals surface area (Å²) < 4.78 is 42.4. The van der Waals surface area contributed by atoms with Gasteiger partial charge in [-0.15, -0.1) is 0 Å². The third-order valence-electron chi connectivity index (χ3n) is 4.64. The van der Waals surface area contributed by atoms with E-state index in [0.29, 0.717) is 5.75 Å². The average molecular weight is 452 g/mol. The molecule has 0 radical (unpaired) electrons. The highest BCUT2D eigenvalue weighted by atomic mass is 32.2. The van der Waals surface area contributed by atoms with Gasteiger partial charge in [-0.25, -0.2) is 0 Å². The van der Waals surface area contributed by atoms with Gasteiger partial charge in [0.05, 0.1) is 4.92 Å². The standard InChI is InChI=1S/C22H29NO7S/c1-21(2,3)15-22(4,5)16-6-8-17(9-7-16)29-12-13-30-20-11-10-18(31(26,27)28)14-19(20)23(24)25/h6-11,14H,12-13,15H2,1-5H3,(H,26,27,28). The number of benzene rings is 2. The minimum atomic E-state index is -4.55. The van der Waals surface area contributed by atoms with Gasteiger partial charge in [0.25, 0.3) is 10.1 Å². The summed E-state index contributed by atoms with van der Waals surface area (Å²) in [4.78, 5) is 9.83. The number of nitro groups is 1. The molecule has 0 bridgehead atoms. The molecular weight excluding hydrogens is 422 g/mol. The predicted molar refractivity (Wildman–Crippen MR) is 117 cm³/mol. The van der Waals surface area contributed by atoms with Crippen molar-refractivity contribution in [2.24, 2.45) is 5.41 Å². The van der Waals surface area contributed by atoms with Gasteiger partial charge >= 0.3 is 5.69 Å². The summed E-state index contributed by atoms with van der Waals surface area (Å²) >= 11 is 0. The molecule has 0 aromatic heterocycles. The predicted octanol–water partition coefficient (Wildman–Crippen LogP) is 5.01. The fraction of sp³-hybridized carbons (Fsp3) is 0.455. The largest absolute Gasteiger partial charge is 0.490 e. The highest BCUT2D eigenvalue weighted by Crippen LogP contribution is 2.36. The van der Waals surface area contributed by atoms with Crippen LogP contribution in [0.5, 0.6) is 11.5 Å². The van der Waals surface area contributed by atoms with Gasteiger partial charge in [-0.1, -0.05) is 46.8 Å². The number of hydrogen-bond donors (Lipinski definition) is 1. The van der Waals surface area contributed by atoms with E-state index in [1.807, 2.05) is 24.3 Å². The first-order chi connectivity index (χ1) is 14.2. The molecule has 0 aliphatic carbocycles. The SMILES string of the molecule is CC(C)(C)CC(C)(C)c1ccc(OCCOc2ccc(S(=O)(=O)O)cc2[N+](=O)[O-])cc1. The minimum absolute atomic E-state index is 0.0172. The molecule has 2 aromatic carbocycles. The number of hydrogen-bond acceptors (Lipinski definition) is 6. The molecule has 0 unspecified atom stereocenters. The number of ether oxygens (including phenoxy) is 2. The summed E-state index contributed by atoms with van der Waals surface area (Å²) in [5.74, 6) is 0.537. The molecule has 0 saturated heterocycles. The van der Waals surface area contributed by atoms with E-state index in [2.05, 4.69) is 34.6 Å². The molecule has 1 N–H and O–H groups in total. The zero-order valence-corrected chi connectivity index (χ0v) is 19.2. The van der Waals surface area contributed by atoms with Crippen LogP contribution in [-0.2, 0) is 15.5 Å². The van der Waals surface area contributed by atoms with Crippen LogP contribution in [-0.4, -0.2) is 31.1 Å². The highest BCUT2D eigenvalue weighted by molar-refractivity contribution is 7.85. The van der Waals surface area contributed by atoms with E-state index in [4.69, 9.17) is 14.0 Å². The molecule has 0 atom stereocenters. The number of rotatable bonds is 9. The van der Waals surface area contributed by atoms with Gasteiger partial charge in [-0.3, -0.25) is 14.7 Å². The first kappa shape index (κ1) is 24.6. The molecule has 0 amide bonds. The van der Waals surface area contributed by atoms with E-state index in [9.17, 15) is 18.5 Å². The van der Waals surface area contributed by atoms with E-state index in [0.717, 1.165) is 24.6 Å². The van der Waals surface area contributed by atoms with Crippen molar-refractivity contribution in [1.82, 2.24) is 0 Å². The van der Waals surface area contributed by atoms with Gasteiger partial charge < -0.3 is 9.47 Å². The molecular formula is C22H29NO7S. The maximum atomic E-state index is 11.2. The monoisotopic (exact) mass is 451 g/mol. The topological polar surface area (TPSA) is 116 Å². The fourth-order valence-corrected chi connectivity index (χ4v) is 4.16. The van der Waals surface area contributed by atoms with Crippen molar-refractivity contribution in [1.29, 1.82) is 0 Å². The van der Waals surface area contributed by atoms with E-state index < -0.39 is 25.6 Å². The van der Waals surface area contributed by atoms with E-state index >= 15 is 0 Å². The molecule has 170 valence electrons. The second-order valence-corrected chi connectivity index (χ2v) is 10.6. The first-order valence-electron chi connectivity index (χ1n) is 9.81. The molecule has 2 rings (SSSR count). The van der Waals surface area contributed by atoms with E-state index in [1.165, 1.54) is 5.56 Å². The fourth-order valence-electron chi connectivity index (χ4n) is 3.66. The maximum absolute atomic E-state index is 11.2. The molecule has 0 spiro atoms. The van der Waals surface area contributed by atoms with Crippen LogP contribution in [0.2, 0.25) is 0 Å². The zero-order chi connectivity index (χ0) is 23.4. The Morgan fingerprint density at radius 2 is 1.55 bits per heavy atom. The third-order valence-corrected chi connectivity index (χ3v) is 5.49. The molecule has 0 fully saturated rings. The van der Waals surface area contributed by atoms with Crippen molar-refractivity contribution in [2.45, 2.75) is 51.3 Å². The highest BCUT2D eigenvalue weighted by Gasteiger charge is 2.27. The van der Waals surface area contributed by atoms with Crippen molar-refractivity contribution >= 4 is 15.8 Å². The van der Waals surface area contributed by atoms with Crippen LogP contribution in [0.1, 0.15) is 46.6 Å². The zero-order valence-electron chi connectivity index (χ0n) is 18.4. The Kier molecular flexibility index (Phi) is 7.33. The van der Waals surface area contributed by atoms with Crippen LogP contribution < -0.4 is 9.47 Å². The summed E-state index contributed by atoms with van der Waals surface area (Å²) in [6.07, 6.45) is 1.03. The van der Waals surface area contributed by atoms with Crippen molar-refractivity contribution < 1.29 is 27.4 Å². The van der Waals surface area contributed by atoms with Gasteiger partial charge in [0.2, 0.25) is 0 Å². The molecule has 9 heteroatoms. The van der Waals surface area contributed by atoms with Gasteiger partial charge in [-0.2, -0.15) is 8.42 Å². The second-order valence-electron chi connectivity index (χ2n) is 9.20. The lowest BCUT2D eigenvalue weighted by Gasteiger charge is -2.33. The Balaban J connectivity index is 1.97. The maximum Gasteiger partial charge on any atom is 0.312 e. The van der Waals surface area contributed by atoms with Crippen molar-refractivity contribution in [2.75, 3.05) is 13.2 Å². The Labute approximate surface area is 183 Å². The molecule has 2 aromatic rings. The molecule has 8 nitrogen and oxygen atoms in total. The van der Waals surface area contributed by atoms with Crippen LogP contribution in [0, 0.1) is 15.5 Å². The van der Waals surface area contributed by atoms with Gasteiger partial charge in [-0.05, 0) is 47.1 Å². The Hall–Kier alpha value is -2.65. The van der Waals surface area contributed by atoms with Crippen LogP contribution in [0.15, 0.2) is 47.4 Å². The summed E-state index contributed by atoms with van der Waals surface area (Å²) in [5.41, 5.74) is 0.881. The lowest BCUT2D eigenvalue weighted by molar-refractivity contribution is -0.386. The lowest BCUT2D eigenvalue weighted by Crippen LogP contribution is -2.24. The van der Waals surface area contributed by atoms with E-state index in [1.54, 1.807) is 0 Å². The summed E-state index contributed by atoms with van der Waals surface area (Å²) in [6, 6.07) is 10.7.